The topological polar surface area (TPSA) is 64.3 Å². The molecule has 0 spiro atoms. The molecule has 1 aliphatic rings. The van der Waals surface area contributed by atoms with Gasteiger partial charge in [-0.3, -0.25) is 4.79 Å². The minimum atomic E-state index is -0.539. The van der Waals surface area contributed by atoms with Crippen molar-refractivity contribution in [2.45, 2.75) is 70.4 Å². The van der Waals surface area contributed by atoms with E-state index in [4.69, 9.17) is 10.5 Å². The molecule has 1 amide bonds. The predicted molar refractivity (Wildman–Crippen MR) is 73.3 cm³/mol. The maximum Gasteiger partial charge on any atom is 0.237 e. The monoisotopic (exact) mass is 256 g/mol. The van der Waals surface area contributed by atoms with Crippen LogP contribution in [0.3, 0.4) is 0 Å². The second kappa shape index (κ2) is 7.74. The van der Waals surface area contributed by atoms with Crippen LogP contribution < -0.4 is 11.1 Å². The Morgan fingerprint density at radius 2 is 2.22 bits per heavy atom. The van der Waals surface area contributed by atoms with E-state index in [0.717, 1.165) is 45.3 Å². The lowest BCUT2D eigenvalue weighted by atomic mass is 9.79. The molecule has 0 aromatic rings. The summed E-state index contributed by atoms with van der Waals surface area (Å²) in [6.45, 7) is 5.77. The van der Waals surface area contributed by atoms with Crippen LogP contribution >= 0.6 is 0 Å². The summed E-state index contributed by atoms with van der Waals surface area (Å²) in [5.74, 6) is -0.230. The third-order valence-electron chi connectivity index (χ3n) is 3.79. The molecule has 0 heterocycles. The van der Waals surface area contributed by atoms with Gasteiger partial charge in [0, 0.05) is 13.0 Å². The highest BCUT2D eigenvalue weighted by Gasteiger charge is 2.40. The Labute approximate surface area is 111 Å². The van der Waals surface area contributed by atoms with Crippen molar-refractivity contribution in [2.75, 3.05) is 13.2 Å². The number of primary amides is 1. The first kappa shape index (κ1) is 15.4. The van der Waals surface area contributed by atoms with Gasteiger partial charge < -0.3 is 15.8 Å². The van der Waals surface area contributed by atoms with E-state index < -0.39 is 5.54 Å². The van der Waals surface area contributed by atoms with Gasteiger partial charge in [0.05, 0.1) is 6.10 Å². The molecule has 4 nitrogen and oxygen atoms in total. The summed E-state index contributed by atoms with van der Waals surface area (Å²) in [6.07, 6.45) is 7.32. The molecule has 0 aliphatic heterocycles. The fourth-order valence-electron chi connectivity index (χ4n) is 2.78. The lowest BCUT2D eigenvalue weighted by molar-refractivity contribution is -0.128. The molecule has 1 fully saturated rings. The Morgan fingerprint density at radius 3 is 2.83 bits per heavy atom. The first-order chi connectivity index (χ1) is 8.64. The van der Waals surface area contributed by atoms with Crippen LogP contribution in [-0.4, -0.2) is 30.7 Å². The summed E-state index contributed by atoms with van der Waals surface area (Å²) < 4.78 is 5.89. The third-order valence-corrected chi connectivity index (χ3v) is 3.79. The molecule has 4 heteroatoms. The van der Waals surface area contributed by atoms with E-state index in [9.17, 15) is 4.79 Å². The molecular formula is C14H28N2O2. The van der Waals surface area contributed by atoms with Crippen molar-refractivity contribution >= 4 is 5.91 Å². The molecule has 0 bridgehead atoms. The van der Waals surface area contributed by atoms with Gasteiger partial charge in [0.2, 0.25) is 5.91 Å². The van der Waals surface area contributed by atoms with Crippen molar-refractivity contribution in [3.8, 4) is 0 Å². The van der Waals surface area contributed by atoms with Gasteiger partial charge >= 0.3 is 0 Å². The Balaban J connectivity index is 2.45. The van der Waals surface area contributed by atoms with E-state index in [1.807, 2.05) is 6.92 Å². The maximum absolute atomic E-state index is 11.7. The lowest BCUT2D eigenvalue weighted by Gasteiger charge is -2.39. The number of amides is 1. The highest BCUT2D eigenvalue weighted by Crippen LogP contribution is 2.30. The average Bonchev–Trinajstić information content (AvgIpc) is 2.35. The molecule has 2 atom stereocenters. The van der Waals surface area contributed by atoms with Gasteiger partial charge in [0.25, 0.3) is 0 Å². The van der Waals surface area contributed by atoms with Crippen molar-refractivity contribution in [2.24, 2.45) is 5.73 Å². The zero-order valence-corrected chi connectivity index (χ0v) is 11.8. The number of carbonyl (C=O) groups excluding carboxylic acids is 1. The first-order valence-electron chi connectivity index (χ1n) is 7.31. The number of carbonyl (C=O) groups is 1. The van der Waals surface area contributed by atoms with Crippen molar-refractivity contribution < 1.29 is 9.53 Å². The van der Waals surface area contributed by atoms with Crippen LogP contribution in [0.1, 0.15) is 58.8 Å². The summed E-state index contributed by atoms with van der Waals surface area (Å²) in [5, 5.41) is 3.27. The average molecular weight is 256 g/mol. The summed E-state index contributed by atoms with van der Waals surface area (Å²) in [4.78, 5) is 11.7. The van der Waals surface area contributed by atoms with Gasteiger partial charge in [0.15, 0.2) is 0 Å². The van der Waals surface area contributed by atoms with Crippen LogP contribution in [0.4, 0.5) is 0 Å². The van der Waals surface area contributed by atoms with Crippen molar-refractivity contribution in [3.05, 3.63) is 0 Å². The third kappa shape index (κ3) is 4.25. The number of unbranched alkanes of at least 4 members (excludes halogenated alkanes) is 2. The number of rotatable bonds is 8. The Morgan fingerprint density at radius 1 is 1.44 bits per heavy atom. The fourth-order valence-corrected chi connectivity index (χ4v) is 2.78. The Kier molecular flexibility index (Phi) is 6.65. The molecule has 2 unspecified atom stereocenters. The predicted octanol–water partition coefficient (Wildman–Crippen LogP) is 1.97. The molecule has 3 N–H and O–H groups in total. The largest absolute Gasteiger partial charge is 0.378 e. The van der Waals surface area contributed by atoms with Gasteiger partial charge in [0.1, 0.15) is 5.54 Å². The number of nitrogens with one attached hydrogen (secondary N) is 1. The summed E-state index contributed by atoms with van der Waals surface area (Å²) in [6, 6.07) is 0. The minimum absolute atomic E-state index is 0.183. The molecule has 18 heavy (non-hydrogen) atoms. The standard InChI is InChI=1S/C14H28N2O2/c1-3-5-6-10-18-12-8-7-9-14(11-12,13(15)17)16-4-2/h12,16H,3-11H2,1-2H3,(H2,15,17). The molecule has 0 aromatic carbocycles. The quantitative estimate of drug-likeness (QED) is 0.653. The Hall–Kier alpha value is -0.610. The van der Waals surface area contributed by atoms with E-state index in [1.165, 1.54) is 12.8 Å². The van der Waals surface area contributed by atoms with E-state index in [1.54, 1.807) is 0 Å². The SMILES string of the molecule is CCCCCOC1CCCC(NCC)(C(N)=O)C1. The number of nitrogens with two attached hydrogens (primary N) is 1. The lowest BCUT2D eigenvalue weighted by Crippen LogP contribution is -2.58. The van der Waals surface area contributed by atoms with Crippen molar-refractivity contribution in [1.29, 1.82) is 0 Å². The normalized spacial score (nSPS) is 28.2. The van der Waals surface area contributed by atoms with Crippen LogP contribution in [0, 0.1) is 0 Å². The minimum Gasteiger partial charge on any atom is -0.378 e. The summed E-state index contributed by atoms with van der Waals surface area (Å²) >= 11 is 0. The number of ether oxygens (including phenoxy) is 1. The first-order valence-corrected chi connectivity index (χ1v) is 7.31. The fraction of sp³-hybridized carbons (Fsp3) is 0.929. The van der Waals surface area contributed by atoms with E-state index in [0.29, 0.717) is 0 Å². The molecule has 0 aromatic heterocycles. The molecule has 106 valence electrons. The molecular weight excluding hydrogens is 228 g/mol. The van der Waals surface area contributed by atoms with Crippen LogP contribution in [0.15, 0.2) is 0 Å². The van der Waals surface area contributed by atoms with Gasteiger partial charge in [-0.25, -0.2) is 0 Å². The van der Waals surface area contributed by atoms with Crippen molar-refractivity contribution in [3.63, 3.8) is 0 Å². The molecule has 1 rings (SSSR count). The molecule has 0 saturated heterocycles. The second-order valence-corrected chi connectivity index (χ2v) is 5.27. The number of hydrogen-bond acceptors (Lipinski definition) is 3. The van der Waals surface area contributed by atoms with Crippen molar-refractivity contribution in [1.82, 2.24) is 5.32 Å². The zero-order chi connectivity index (χ0) is 13.4. The van der Waals surface area contributed by atoms with E-state index in [2.05, 4.69) is 12.2 Å². The van der Waals surface area contributed by atoms with Gasteiger partial charge in [-0.2, -0.15) is 0 Å². The highest BCUT2D eigenvalue weighted by atomic mass is 16.5. The summed E-state index contributed by atoms with van der Waals surface area (Å²) in [7, 11) is 0. The van der Waals surface area contributed by atoms with Gasteiger partial charge in [-0.15, -0.1) is 0 Å². The van der Waals surface area contributed by atoms with Gasteiger partial charge in [-0.05, 0) is 32.2 Å². The van der Waals surface area contributed by atoms with E-state index in [-0.39, 0.29) is 12.0 Å². The smallest absolute Gasteiger partial charge is 0.237 e. The van der Waals surface area contributed by atoms with Crippen LogP contribution in [0.25, 0.3) is 0 Å². The number of hydrogen-bond donors (Lipinski definition) is 2. The van der Waals surface area contributed by atoms with E-state index >= 15 is 0 Å². The maximum atomic E-state index is 11.7. The Bertz CT molecular complexity index is 254. The van der Waals surface area contributed by atoms with Gasteiger partial charge in [-0.1, -0.05) is 26.7 Å². The summed E-state index contributed by atoms with van der Waals surface area (Å²) in [5.41, 5.74) is 5.03. The van der Waals surface area contributed by atoms with Crippen LogP contribution in [0.2, 0.25) is 0 Å². The van der Waals surface area contributed by atoms with Crippen LogP contribution in [0.5, 0.6) is 0 Å². The highest BCUT2D eigenvalue weighted by molar-refractivity contribution is 5.84. The molecule has 1 aliphatic carbocycles. The van der Waals surface area contributed by atoms with Crippen LogP contribution in [-0.2, 0) is 9.53 Å². The zero-order valence-electron chi connectivity index (χ0n) is 11.8. The molecule has 0 radical (unpaired) electrons. The number of likely N-dealkylation sites (N-methyl/N-ethyl adjacent to an activating group) is 1. The second-order valence-electron chi connectivity index (χ2n) is 5.27. The molecule has 1 saturated carbocycles.